The van der Waals surface area contributed by atoms with Crippen molar-refractivity contribution >= 4 is 11.6 Å². The lowest BCUT2D eigenvalue weighted by molar-refractivity contribution is 0.200. The van der Waals surface area contributed by atoms with Crippen LogP contribution >= 0.6 is 11.6 Å². The van der Waals surface area contributed by atoms with Gasteiger partial charge in [0.1, 0.15) is 12.4 Å². The molecule has 0 spiro atoms. The van der Waals surface area contributed by atoms with Crippen LogP contribution in [0, 0.1) is 0 Å². The molecule has 0 bridgehead atoms. The second-order valence-electron chi connectivity index (χ2n) is 4.38. The summed E-state index contributed by atoms with van der Waals surface area (Å²) in [6.07, 6.45) is 1.91. The van der Waals surface area contributed by atoms with Crippen molar-refractivity contribution in [1.82, 2.24) is 4.90 Å². The molecule has 2 rings (SSSR count). The van der Waals surface area contributed by atoms with E-state index in [4.69, 9.17) is 21.4 Å². The average Bonchev–Trinajstić information content (AvgIpc) is 2.52. The van der Waals surface area contributed by atoms with Crippen molar-refractivity contribution in [2.75, 3.05) is 33.4 Å². The third-order valence-corrected chi connectivity index (χ3v) is 3.52. The maximum atomic E-state index is 8.82. The second kappa shape index (κ2) is 5.71. The van der Waals surface area contributed by atoms with E-state index >= 15 is 0 Å². The molecule has 1 aliphatic heterocycles. The normalized spacial score (nSPS) is 16.4. The highest BCUT2D eigenvalue weighted by atomic mass is 35.5. The van der Waals surface area contributed by atoms with E-state index in [9.17, 15) is 0 Å². The number of ether oxygens (including phenoxy) is 1. The Kier molecular flexibility index (Phi) is 4.26. The first-order valence-corrected chi connectivity index (χ1v) is 6.32. The van der Waals surface area contributed by atoms with Crippen molar-refractivity contribution in [2.24, 2.45) is 0 Å². The molecule has 0 saturated carbocycles. The maximum absolute atomic E-state index is 8.82. The first kappa shape index (κ1) is 12.7. The van der Waals surface area contributed by atoms with Crippen LogP contribution in [0.4, 0.5) is 0 Å². The molecule has 1 heterocycles. The molecule has 0 unspecified atom stereocenters. The van der Waals surface area contributed by atoms with Crippen molar-refractivity contribution in [2.45, 2.75) is 12.8 Å². The van der Waals surface area contributed by atoms with Crippen LogP contribution in [0.2, 0.25) is 5.02 Å². The van der Waals surface area contributed by atoms with Crippen molar-refractivity contribution < 1.29 is 9.84 Å². The Morgan fingerprint density at radius 1 is 1.29 bits per heavy atom. The van der Waals surface area contributed by atoms with Gasteiger partial charge in [-0.25, -0.2) is 0 Å². The molecule has 0 fully saturated rings. The zero-order valence-corrected chi connectivity index (χ0v) is 10.8. The van der Waals surface area contributed by atoms with Crippen LogP contribution in [-0.4, -0.2) is 43.4 Å². The molecule has 1 aromatic rings. The van der Waals surface area contributed by atoms with Gasteiger partial charge in [0.25, 0.3) is 0 Å². The molecule has 4 heteroatoms. The highest BCUT2D eigenvalue weighted by Crippen LogP contribution is 2.31. The third-order valence-electron chi connectivity index (χ3n) is 3.17. The fraction of sp³-hybridized carbons (Fsp3) is 0.538. The quantitative estimate of drug-likeness (QED) is 0.893. The minimum Gasteiger partial charge on any atom is -0.491 e. The van der Waals surface area contributed by atoms with E-state index in [0.29, 0.717) is 6.61 Å². The van der Waals surface area contributed by atoms with Gasteiger partial charge in [-0.05, 0) is 37.6 Å². The summed E-state index contributed by atoms with van der Waals surface area (Å²) in [5.41, 5.74) is 2.40. The lowest BCUT2D eigenvalue weighted by Gasteiger charge is -2.14. The van der Waals surface area contributed by atoms with E-state index in [1.54, 1.807) is 0 Å². The van der Waals surface area contributed by atoms with Crippen molar-refractivity contribution in [3.8, 4) is 5.75 Å². The highest BCUT2D eigenvalue weighted by Gasteiger charge is 2.17. The van der Waals surface area contributed by atoms with Crippen LogP contribution < -0.4 is 4.74 Å². The Morgan fingerprint density at radius 2 is 2.00 bits per heavy atom. The van der Waals surface area contributed by atoms with Gasteiger partial charge in [-0.1, -0.05) is 11.6 Å². The van der Waals surface area contributed by atoms with Gasteiger partial charge < -0.3 is 14.7 Å². The summed E-state index contributed by atoms with van der Waals surface area (Å²) < 4.78 is 5.57. The number of aliphatic hydroxyl groups excluding tert-OH is 1. The molecular formula is C13H18ClNO2. The van der Waals surface area contributed by atoms with E-state index in [1.807, 2.05) is 12.1 Å². The Labute approximate surface area is 107 Å². The molecule has 0 saturated heterocycles. The maximum Gasteiger partial charge on any atom is 0.123 e. The van der Waals surface area contributed by atoms with E-state index in [-0.39, 0.29) is 6.61 Å². The molecule has 0 aliphatic carbocycles. The molecule has 0 atom stereocenters. The Morgan fingerprint density at radius 3 is 2.71 bits per heavy atom. The van der Waals surface area contributed by atoms with Gasteiger partial charge in [0.15, 0.2) is 0 Å². The Bertz CT molecular complexity index is 395. The van der Waals surface area contributed by atoms with Gasteiger partial charge in [-0.15, -0.1) is 0 Å². The molecule has 0 amide bonds. The SMILES string of the molecule is CN1CCc2c(Cl)ccc(OCCO)c2CC1. The van der Waals surface area contributed by atoms with Gasteiger partial charge in [0, 0.05) is 23.7 Å². The van der Waals surface area contributed by atoms with Gasteiger partial charge in [-0.3, -0.25) is 0 Å². The molecule has 17 heavy (non-hydrogen) atoms. The average molecular weight is 256 g/mol. The van der Waals surface area contributed by atoms with E-state index < -0.39 is 0 Å². The third kappa shape index (κ3) is 2.92. The van der Waals surface area contributed by atoms with E-state index in [1.165, 1.54) is 11.1 Å². The first-order valence-electron chi connectivity index (χ1n) is 5.95. The predicted molar refractivity (Wildman–Crippen MR) is 68.9 cm³/mol. The van der Waals surface area contributed by atoms with Gasteiger partial charge in [0.05, 0.1) is 6.61 Å². The zero-order chi connectivity index (χ0) is 12.3. The number of rotatable bonds is 3. The summed E-state index contributed by atoms with van der Waals surface area (Å²) in [6.45, 7) is 2.42. The van der Waals surface area contributed by atoms with Gasteiger partial charge in [-0.2, -0.15) is 0 Å². The number of halogens is 1. The number of hydrogen-bond acceptors (Lipinski definition) is 3. The van der Waals surface area contributed by atoms with Crippen LogP contribution in [0.25, 0.3) is 0 Å². The number of hydrogen-bond donors (Lipinski definition) is 1. The molecule has 1 aromatic carbocycles. The lowest BCUT2D eigenvalue weighted by Crippen LogP contribution is -2.20. The van der Waals surface area contributed by atoms with Crippen LogP contribution in [-0.2, 0) is 12.8 Å². The molecule has 1 N–H and O–H groups in total. The predicted octanol–water partition coefficient (Wildman–Crippen LogP) is 1.74. The van der Waals surface area contributed by atoms with Crippen molar-refractivity contribution in [3.63, 3.8) is 0 Å². The van der Waals surface area contributed by atoms with Crippen LogP contribution in [0.3, 0.4) is 0 Å². The van der Waals surface area contributed by atoms with Gasteiger partial charge in [0.2, 0.25) is 0 Å². The summed E-state index contributed by atoms with van der Waals surface area (Å²) in [5, 5.41) is 9.65. The topological polar surface area (TPSA) is 32.7 Å². The molecular weight excluding hydrogens is 238 g/mol. The molecule has 1 aliphatic rings. The number of nitrogens with zero attached hydrogens (tertiary/aromatic N) is 1. The van der Waals surface area contributed by atoms with Crippen molar-refractivity contribution in [3.05, 3.63) is 28.3 Å². The second-order valence-corrected chi connectivity index (χ2v) is 4.79. The summed E-state index contributed by atoms with van der Waals surface area (Å²) in [7, 11) is 2.12. The monoisotopic (exact) mass is 255 g/mol. The van der Waals surface area contributed by atoms with E-state index in [2.05, 4.69) is 11.9 Å². The minimum atomic E-state index is 0.0390. The summed E-state index contributed by atoms with van der Waals surface area (Å²) >= 11 is 6.24. The summed E-state index contributed by atoms with van der Waals surface area (Å²) in [5.74, 6) is 0.869. The number of aliphatic hydroxyl groups is 1. The van der Waals surface area contributed by atoms with Crippen LogP contribution in [0.1, 0.15) is 11.1 Å². The number of likely N-dealkylation sites (N-methyl/N-ethyl adjacent to an activating group) is 1. The Balaban J connectivity index is 2.30. The molecule has 0 aromatic heterocycles. The first-order chi connectivity index (χ1) is 8.22. The Hall–Kier alpha value is -0.770. The largest absolute Gasteiger partial charge is 0.491 e. The standard InChI is InChI=1S/C13H18ClNO2/c1-15-6-4-10-11(5-7-15)13(17-9-8-16)3-2-12(10)14/h2-3,16H,4-9H2,1H3. The van der Waals surface area contributed by atoms with Gasteiger partial charge >= 0.3 is 0 Å². The zero-order valence-electron chi connectivity index (χ0n) is 10.1. The summed E-state index contributed by atoms with van der Waals surface area (Å²) in [6, 6.07) is 3.79. The molecule has 0 radical (unpaired) electrons. The van der Waals surface area contributed by atoms with E-state index in [0.717, 1.165) is 36.7 Å². The van der Waals surface area contributed by atoms with Crippen LogP contribution in [0.5, 0.6) is 5.75 Å². The fourth-order valence-electron chi connectivity index (χ4n) is 2.20. The lowest BCUT2D eigenvalue weighted by atomic mass is 10.0. The molecule has 3 nitrogen and oxygen atoms in total. The van der Waals surface area contributed by atoms with Crippen LogP contribution in [0.15, 0.2) is 12.1 Å². The van der Waals surface area contributed by atoms with Crippen molar-refractivity contribution in [1.29, 1.82) is 0 Å². The smallest absolute Gasteiger partial charge is 0.123 e. The summed E-state index contributed by atoms with van der Waals surface area (Å²) in [4.78, 5) is 2.30. The number of benzene rings is 1. The molecule has 94 valence electrons. The number of fused-ring (bicyclic) bond motifs is 1. The highest BCUT2D eigenvalue weighted by molar-refractivity contribution is 6.31. The fourth-order valence-corrected chi connectivity index (χ4v) is 2.47. The minimum absolute atomic E-state index is 0.0390.